The summed E-state index contributed by atoms with van der Waals surface area (Å²) in [5.74, 6) is -1.04. The Morgan fingerprint density at radius 2 is 2.00 bits per heavy atom. The van der Waals surface area contributed by atoms with E-state index in [1.165, 1.54) is 43.8 Å². The van der Waals surface area contributed by atoms with Crippen LogP contribution in [0.1, 0.15) is 20.8 Å². The van der Waals surface area contributed by atoms with Gasteiger partial charge < -0.3 is 9.88 Å². The summed E-state index contributed by atoms with van der Waals surface area (Å²) in [6.45, 7) is 0. The van der Waals surface area contributed by atoms with E-state index in [0.717, 1.165) is 15.6 Å². The van der Waals surface area contributed by atoms with Crippen LogP contribution in [-0.2, 0) is 13.2 Å². The summed E-state index contributed by atoms with van der Waals surface area (Å²) >= 11 is 0.311. The second-order valence-corrected chi connectivity index (χ2v) is 7.32. The van der Waals surface area contributed by atoms with Gasteiger partial charge in [0.05, 0.1) is 29.8 Å². The number of hydrogen-bond acceptors (Lipinski definition) is 8. The molecule has 1 N–H and O–H groups in total. The number of nitrogens with one attached hydrogen (secondary N) is 1. The maximum Gasteiger partial charge on any atom is 0.420 e. The third kappa shape index (κ3) is 4.08. The molecule has 10 nitrogen and oxygen atoms in total. The molecule has 4 aromatic heterocycles. The van der Waals surface area contributed by atoms with Gasteiger partial charge in [-0.1, -0.05) is 0 Å². The van der Waals surface area contributed by atoms with Gasteiger partial charge in [0.1, 0.15) is 27.8 Å². The van der Waals surface area contributed by atoms with Crippen molar-refractivity contribution in [1.29, 1.82) is 5.26 Å². The Balaban J connectivity index is 1.73. The minimum atomic E-state index is -4.96. The molecule has 4 rings (SSSR count). The van der Waals surface area contributed by atoms with Crippen LogP contribution in [0.4, 0.5) is 18.9 Å². The number of hydrogen-bond donors (Lipinski definition) is 1. The predicted octanol–water partition coefficient (Wildman–Crippen LogP) is 2.63. The average Bonchev–Trinajstić information content (AvgIpc) is 3.45. The fourth-order valence-corrected chi connectivity index (χ4v) is 3.76. The number of pyridine rings is 2. The van der Waals surface area contributed by atoms with Gasteiger partial charge in [-0.15, -0.1) is 4.80 Å². The van der Waals surface area contributed by atoms with Crippen molar-refractivity contribution in [3.05, 3.63) is 69.3 Å². The Morgan fingerprint density at radius 3 is 2.67 bits per heavy atom. The Bertz CT molecular complexity index is 1450. The Kier molecular flexibility index (Phi) is 5.48. The molecule has 0 atom stereocenters. The first-order chi connectivity index (χ1) is 15.7. The van der Waals surface area contributed by atoms with Crippen molar-refractivity contribution in [2.24, 2.45) is 7.05 Å². The molecular formula is C19H11F3N8O2S. The summed E-state index contributed by atoms with van der Waals surface area (Å²) in [6, 6.07) is 5.71. The first-order valence-electron chi connectivity index (χ1n) is 9.01. The van der Waals surface area contributed by atoms with Gasteiger partial charge in [-0.05, 0) is 29.7 Å². The summed E-state index contributed by atoms with van der Waals surface area (Å²) in [5.41, 5.74) is -2.96. The molecule has 0 aliphatic heterocycles. The van der Waals surface area contributed by atoms with Crippen LogP contribution in [0.25, 0.3) is 17.1 Å². The standard InChI is InChI=1S/C19H11F3N8O2S/c1-29-6-2-3-12(18(29)32)14-13(19(20,21)22)15(33-28-14)17(31)27-11-7-10(8-23)16(24-9-11)30-25-4-5-26-30/h2-7,9H,1H3,(H,27,31). The zero-order valence-corrected chi connectivity index (χ0v) is 17.3. The SMILES string of the molecule is Cn1cccc(-c2nsc(C(=O)Nc3cnc(-n4nccn4)c(C#N)c3)c2C(F)(F)F)c1=O. The quantitative estimate of drug-likeness (QED) is 0.483. The summed E-state index contributed by atoms with van der Waals surface area (Å²) in [7, 11) is 1.39. The van der Waals surface area contributed by atoms with Gasteiger partial charge in [0, 0.05) is 13.2 Å². The van der Waals surface area contributed by atoms with Crippen LogP contribution in [0.5, 0.6) is 0 Å². The number of carbonyl (C=O) groups is 1. The molecular weight excluding hydrogens is 461 g/mol. The highest BCUT2D eigenvalue weighted by atomic mass is 32.1. The number of nitrogens with zero attached hydrogens (tertiary/aromatic N) is 7. The maximum atomic E-state index is 13.9. The second-order valence-electron chi connectivity index (χ2n) is 6.55. The van der Waals surface area contributed by atoms with Gasteiger partial charge in [-0.25, -0.2) is 4.98 Å². The van der Waals surface area contributed by atoms with Crippen LogP contribution in [0.2, 0.25) is 0 Å². The van der Waals surface area contributed by atoms with E-state index < -0.39 is 33.8 Å². The topological polar surface area (TPSA) is 131 Å². The van der Waals surface area contributed by atoms with E-state index in [4.69, 9.17) is 0 Å². The molecule has 166 valence electrons. The zero-order chi connectivity index (χ0) is 23.8. The first kappa shape index (κ1) is 21.8. The zero-order valence-electron chi connectivity index (χ0n) is 16.5. The van der Waals surface area contributed by atoms with E-state index in [-0.39, 0.29) is 22.6 Å². The molecule has 14 heteroatoms. The lowest BCUT2D eigenvalue weighted by Crippen LogP contribution is -2.21. The van der Waals surface area contributed by atoms with E-state index in [9.17, 15) is 28.0 Å². The molecule has 0 fully saturated rings. The lowest BCUT2D eigenvalue weighted by atomic mass is 10.1. The minimum Gasteiger partial charge on any atom is -0.320 e. The number of aromatic nitrogens is 6. The van der Waals surface area contributed by atoms with Crippen molar-refractivity contribution in [3.63, 3.8) is 0 Å². The maximum absolute atomic E-state index is 13.9. The van der Waals surface area contributed by atoms with E-state index in [2.05, 4.69) is 24.9 Å². The van der Waals surface area contributed by atoms with Crippen LogP contribution in [0.15, 0.2) is 47.8 Å². The molecule has 0 aliphatic carbocycles. The molecule has 0 radical (unpaired) electrons. The fourth-order valence-electron chi connectivity index (χ4n) is 2.95. The Morgan fingerprint density at radius 1 is 1.27 bits per heavy atom. The molecule has 0 spiro atoms. The van der Waals surface area contributed by atoms with Gasteiger partial charge in [-0.3, -0.25) is 9.59 Å². The van der Waals surface area contributed by atoms with Gasteiger partial charge in [-0.2, -0.15) is 33.0 Å². The minimum absolute atomic E-state index is 0.0159. The van der Waals surface area contributed by atoms with Gasteiger partial charge in [0.2, 0.25) is 0 Å². The Labute approximate surface area is 186 Å². The van der Waals surface area contributed by atoms with Crippen molar-refractivity contribution < 1.29 is 18.0 Å². The predicted molar refractivity (Wildman–Crippen MR) is 110 cm³/mol. The van der Waals surface area contributed by atoms with E-state index in [1.807, 2.05) is 6.07 Å². The fraction of sp³-hybridized carbons (Fsp3) is 0.105. The number of aryl methyl sites for hydroxylation is 1. The number of alkyl halides is 3. The van der Waals surface area contributed by atoms with Crippen LogP contribution < -0.4 is 10.9 Å². The Hall–Kier alpha value is -4.38. The van der Waals surface area contributed by atoms with Crippen molar-refractivity contribution in [3.8, 4) is 23.1 Å². The van der Waals surface area contributed by atoms with Gasteiger partial charge in [0.25, 0.3) is 11.5 Å². The van der Waals surface area contributed by atoms with Crippen molar-refractivity contribution >= 4 is 23.1 Å². The molecule has 0 saturated heterocycles. The monoisotopic (exact) mass is 472 g/mol. The highest BCUT2D eigenvalue weighted by Gasteiger charge is 2.41. The van der Waals surface area contributed by atoms with Crippen LogP contribution in [0, 0.1) is 11.3 Å². The summed E-state index contributed by atoms with van der Waals surface area (Å²) in [6.07, 6.45) is 0.333. The van der Waals surface area contributed by atoms with Crippen molar-refractivity contribution in [2.45, 2.75) is 6.18 Å². The van der Waals surface area contributed by atoms with Gasteiger partial charge >= 0.3 is 6.18 Å². The normalized spacial score (nSPS) is 11.2. The third-order valence-corrected chi connectivity index (χ3v) is 5.26. The largest absolute Gasteiger partial charge is 0.420 e. The molecule has 4 aromatic rings. The van der Waals surface area contributed by atoms with Crippen molar-refractivity contribution in [2.75, 3.05) is 5.32 Å². The van der Waals surface area contributed by atoms with Crippen molar-refractivity contribution in [1.82, 2.24) is 28.9 Å². The smallest absolute Gasteiger partial charge is 0.320 e. The average molecular weight is 472 g/mol. The molecule has 4 heterocycles. The summed E-state index contributed by atoms with van der Waals surface area (Å²) in [4.78, 5) is 29.4. The lowest BCUT2D eigenvalue weighted by molar-refractivity contribution is -0.137. The molecule has 33 heavy (non-hydrogen) atoms. The third-order valence-electron chi connectivity index (χ3n) is 4.41. The molecule has 0 bridgehead atoms. The molecule has 0 aliphatic rings. The van der Waals surface area contributed by atoms with Crippen LogP contribution in [0.3, 0.4) is 0 Å². The molecule has 0 aromatic carbocycles. The van der Waals surface area contributed by atoms with E-state index >= 15 is 0 Å². The number of anilines is 1. The molecule has 0 unspecified atom stereocenters. The number of nitriles is 1. The number of halogens is 3. The second kappa shape index (κ2) is 8.28. The van der Waals surface area contributed by atoms with Crippen LogP contribution >= 0.6 is 11.5 Å². The summed E-state index contributed by atoms with van der Waals surface area (Å²) in [5, 5.41) is 19.4. The van der Waals surface area contributed by atoms with E-state index in [0.29, 0.717) is 11.5 Å². The number of carbonyl (C=O) groups excluding carboxylic acids is 1. The molecule has 1 amide bonds. The highest BCUT2D eigenvalue weighted by Crippen LogP contribution is 2.40. The molecule has 0 saturated carbocycles. The first-order valence-corrected chi connectivity index (χ1v) is 9.79. The highest BCUT2D eigenvalue weighted by molar-refractivity contribution is 7.08. The summed E-state index contributed by atoms with van der Waals surface area (Å²) < 4.78 is 46.6. The number of rotatable bonds is 4. The number of amides is 1. The lowest BCUT2D eigenvalue weighted by Gasteiger charge is -2.11. The van der Waals surface area contributed by atoms with Gasteiger partial charge in [0.15, 0.2) is 5.82 Å². The van der Waals surface area contributed by atoms with E-state index in [1.54, 1.807) is 0 Å². The van der Waals surface area contributed by atoms with Crippen LogP contribution in [-0.4, -0.2) is 34.8 Å².